The van der Waals surface area contributed by atoms with Crippen LogP contribution in [0, 0.1) is 0 Å². The van der Waals surface area contributed by atoms with Gasteiger partial charge >= 0.3 is 0 Å². The number of rotatable bonds is 2. The molecule has 0 fully saturated rings. The Kier molecular flexibility index (Phi) is 3.46. The maximum absolute atomic E-state index is 2.55. The lowest BCUT2D eigenvalue weighted by atomic mass is 10.4. The summed E-state index contributed by atoms with van der Waals surface area (Å²) in [6, 6.07) is 0. The minimum absolute atomic E-state index is 1.26. The van der Waals surface area contributed by atoms with Crippen LogP contribution >= 0.6 is 0 Å². The van der Waals surface area contributed by atoms with Crippen molar-refractivity contribution in [2.45, 2.75) is 53.1 Å². The molecule has 0 N–H and O–H groups in total. The Bertz CT molecular complexity index is 312. The third-order valence-electron chi connectivity index (χ3n) is 2.80. The Morgan fingerprint density at radius 1 is 0.750 bits per heavy atom. The van der Waals surface area contributed by atoms with Gasteiger partial charge < -0.3 is 9.13 Å². The summed E-state index contributed by atoms with van der Waals surface area (Å²) in [6.45, 7) is 18.8. The summed E-state index contributed by atoms with van der Waals surface area (Å²) in [7, 11) is -2.55. The van der Waals surface area contributed by atoms with Gasteiger partial charge in [0.05, 0.1) is 0 Å². The van der Waals surface area contributed by atoms with E-state index >= 15 is 0 Å². The Morgan fingerprint density at radius 3 is 1.38 bits per heavy atom. The second-order valence-electron chi connectivity index (χ2n) is 6.63. The van der Waals surface area contributed by atoms with Crippen LogP contribution in [0.25, 0.3) is 0 Å². The average molecular weight is 255 g/mol. The molecule has 0 aromatic heterocycles. The summed E-state index contributed by atoms with van der Waals surface area (Å²) < 4.78 is 5.00. The van der Waals surface area contributed by atoms with Gasteiger partial charge in [-0.3, -0.25) is 0 Å². The smallest absolute Gasteiger partial charge is 0.152 e. The highest BCUT2D eigenvalue weighted by Crippen LogP contribution is 2.28. The maximum atomic E-state index is 2.55. The van der Waals surface area contributed by atoms with E-state index in [-0.39, 0.29) is 0 Å². The first-order valence-corrected chi connectivity index (χ1v) is 12.9. The zero-order valence-corrected chi connectivity index (χ0v) is 14.0. The first-order chi connectivity index (χ1) is 7.03. The summed E-state index contributed by atoms with van der Waals surface area (Å²) in [4.78, 5) is 0. The third kappa shape index (κ3) is 2.80. The molecular weight excluding hydrogens is 228 g/mol. The molecule has 1 rings (SSSR count). The van der Waals surface area contributed by atoms with Gasteiger partial charge in [0.15, 0.2) is 16.5 Å². The highest BCUT2D eigenvalue weighted by atomic mass is 28.3. The molecule has 1 heterocycles. The van der Waals surface area contributed by atoms with Gasteiger partial charge in [-0.2, -0.15) is 0 Å². The Labute approximate surface area is 103 Å². The van der Waals surface area contributed by atoms with Crippen LogP contribution in [0.2, 0.25) is 39.3 Å². The molecule has 0 unspecified atom stereocenters. The molecule has 0 bridgehead atoms. The van der Waals surface area contributed by atoms with Crippen LogP contribution < -0.4 is 0 Å². The summed E-state index contributed by atoms with van der Waals surface area (Å²) in [5.41, 5.74) is 2.81. The third-order valence-corrected chi connectivity index (χ3v) is 6.66. The lowest BCUT2D eigenvalue weighted by molar-refractivity contribution is 0.553. The van der Waals surface area contributed by atoms with Crippen LogP contribution in [0.1, 0.15) is 13.8 Å². The highest BCUT2D eigenvalue weighted by Gasteiger charge is 2.31. The molecule has 4 heteroatoms. The molecule has 92 valence electrons. The van der Waals surface area contributed by atoms with E-state index in [2.05, 4.69) is 74.7 Å². The van der Waals surface area contributed by atoms with Crippen LogP contribution in [-0.2, 0) is 0 Å². The molecule has 0 aromatic rings. The van der Waals surface area contributed by atoms with Crippen molar-refractivity contribution in [3.05, 3.63) is 23.8 Å². The van der Waals surface area contributed by atoms with Crippen LogP contribution in [0.3, 0.4) is 0 Å². The van der Waals surface area contributed by atoms with E-state index < -0.39 is 16.5 Å². The fourth-order valence-electron chi connectivity index (χ4n) is 2.28. The number of hydrogen-bond acceptors (Lipinski definition) is 2. The normalized spacial score (nSPS) is 18.5. The minimum Gasteiger partial charge on any atom is -0.378 e. The van der Waals surface area contributed by atoms with Crippen molar-refractivity contribution in [3.8, 4) is 0 Å². The predicted molar refractivity (Wildman–Crippen MR) is 77.9 cm³/mol. The van der Waals surface area contributed by atoms with E-state index in [1.54, 1.807) is 0 Å². The second-order valence-corrected chi connectivity index (χ2v) is 16.3. The maximum Gasteiger partial charge on any atom is 0.152 e. The summed E-state index contributed by atoms with van der Waals surface area (Å²) in [6.07, 6.45) is 4.66. The van der Waals surface area contributed by atoms with Crippen LogP contribution in [0.4, 0.5) is 0 Å². The van der Waals surface area contributed by atoms with E-state index in [1.165, 1.54) is 11.4 Å². The van der Waals surface area contributed by atoms with E-state index in [0.29, 0.717) is 0 Å². The summed E-state index contributed by atoms with van der Waals surface area (Å²) >= 11 is 0. The van der Waals surface area contributed by atoms with Gasteiger partial charge in [0.2, 0.25) is 0 Å². The highest BCUT2D eigenvalue weighted by molar-refractivity contribution is 6.75. The van der Waals surface area contributed by atoms with Gasteiger partial charge in [0, 0.05) is 23.8 Å². The molecule has 16 heavy (non-hydrogen) atoms. The van der Waals surface area contributed by atoms with Crippen molar-refractivity contribution >= 4 is 16.5 Å². The van der Waals surface area contributed by atoms with Crippen molar-refractivity contribution in [3.63, 3.8) is 0 Å². The average Bonchev–Trinajstić information content (AvgIpc) is 1.97. The summed E-state index contributed by atoms with van der Waals surface area (Å²) in [5.74, 6) is 0. The Balaban J connectivity index is 3.07. The zero-order valence-electron chi connectivity index (χ0n) is 12.0. The first kappa shape index (κ1) is 13.6. The van der Waals surface area contributed by atoms with Crippen molar-refractivity contribution in [1.29, 1.82) is 0 Å². The molecule has 1 aliphatic heterocycles. The lowest BCUT2D eigenvalue weighted by Gasteiger charge is -2.44. The lowest BCUT2D eigenvalue weighted by Crippen LogP contribution is -2.49. The van der Waals surface area contributed by atoms with Crippen molar-refractivity contribution in [1.82, 2.24) is 9.13 Å². The molecular formula is C12H26N2Si2. The monoisotopic (exact) mass is 254 g/mol. The molecule has 1 aliphatic rings. The van der Waals surface area contributed by atoms with Crippen LogP contribution in [0.15, 0.2) is 23.8 Å². The molecule has 0 atom stereocenters. The summed E-state index contributed by atoms with van der Waals surface area (Å²) in [5, 5.41) is 0. The van der Waals surface area contributed by atoms with E-state index in [0.717, 1.165) is 0 Å². The van der Waals surface area contributed by atoms with Crippen LogP contribution in [0.5, 0.6) is 0 Å². The Hall–Kier alpha value is -0.486. The number of hydrogen-bond donors (Lipinski definition) is 0. The zero-order chi connectivity index (χ0) is 12.7. The molecule has 0 saturated carbocycles. The molecule has 0 radical (unpaired) electrons. The Morgan fingerprint density at radius 2 is 1.12 bits per heavy atom. The van der Waals surface area contributed by atoms with E-state index in [9.17, 15) is 0 Å². The van der Waals surface area contributed by atoms with Crippen molar-refractivity contribution < 1.29 is 0 Å². The molecule has 2 nitrogen and oxygen atoms in total. The first-order valence-electron chi connectivity index (χ1n) is 5.99. The van der Waals surface area contributed by atoms with Crippen molar-refractivity contribution in [2.24, 2.45) is 0 Å². The van der Waals surface area contributed by atoms with Gasteiger partial charge in [-0.25, -0.2) is 0 Å². The van der Waals surface area contributed by atoms with Gasteiger partial charge in [0.1, 0.15) is 0 Å². The topological polar surface area (TPSA) is 6.48 Å². The molecule has 0 spiro atoms. The van der Waals surface area contributed by atoms with Gasteiger partial charge in [-0.15, -0.1) is 0 Å². The van der Waals surface area contributed by atoms with Gasteiger partial charge in [-0.05, 0) is 13.8 Å². The number of allylic oxidation sites excluding steroid dienone is 2. The van der Waals surface area contributed by atoms with E-state index in [1.807, 2.05) is 0 Å². The largest absolute Gasteiger partial charge is 0.378 e. The molecule has 0 saturated heterocycles. The standard InChI is InChI=1S/C12H26N2Si2/c1-11-9-13(15(3,4)5)10-12(2)14(11)16(6,7)8/h9-10H,1-8H3. The SMILES string of the molecule is CC1=CN([Si](C)(C)C)C=C(C)N1[Si](C)(C)C. The fraction of sp³-hybridized carbons (Fsp3) is 0.667. The van der Waals surface area contributed by atoms with Crippen molar-refractivity contribution in [2.75, 3.05) is 0 Å². The molecule has 0 aliphatic carbocycles. The van der Waals surface area contributed by atoms with Gasteiger partial charge in [0.25, 0.3) is 0 Å². The van der Waals surface area contributed by atoms with Crippen LogP contribution in [-0.4, -0.2) is 25.6 Å². The van der Waals surface area contributed by atoms with Gasteiger partial charge in [-0.1, -0.05) is 39.3 Å². The quantitative estimate of drug-likeness (QED) is 0.687. The predicted octanol–water partition coefficient (Wildman–Crippen LogP) is 4.00. The second kappa shape index (κ2) is 4.07. The fourth-order valence-corrected chi connectivity index (χ4v) is 5.66. The molecule has 0 amide bonds. The minimum atomic E-state index is -1.29. The molecule has 0 aromatic carbocycles. The van der Waals surface area contributed by atoms with E-state index in [4.69, 9.17) is 0 Å². The number of nitrogens with zero attached hydrogens (tertiary/aromatic N) is 2.